The second-order valence-electron chi connectivity index (χ2n) is 5.25. The van der Waals surface area contributed by atoms with Gasteiger partial charge >= 0.3 is 0 Å². The second kappa shape index (κ2) is 6.16. The number of thiophene rings is 1. The van der Waals surface area contributed by atoms with Crippen molar-refractivity contribution in [1.29, 1.82) is 0 Å². The Kier molecular flexibility index (Phi) is 4.73. The largest absolute Gasteiger partial charge is 0.355 e. The van der Waals surface area contributed by atoms with Gasteiger partial charge in [-0.3, -0.25) is 4.68 Å². The van der Waals surface area contributed by atoms with Crippen molar-refractivity contribution in [2.24, 2.45) is 12.8 Å². The van der Waals surface area contributed by atoms with Gasteiger partial charge in [-0.05, 0) is 32.4 Å². The van der Waals surface area contributed by atoms with Gasteiger partial charge < -0.3 is 10.6 Å². The molecular formula is C14H21ClN4S. The highest BCUT2D eigenvalue weighted by atomic mass is 35.5. The third-order valence-electron chi connectivity index (χ3n) is 3.22. The molecule has 0 saturated carbocycles. The number of nitrogens with two attached hydrogens (primary N) is 1. The fourth-order valence-corrected chi connectivity index (χ4v) is 3.61. The second-order valence-corrected chi connectivity index (χ2v) is 7.05. The van der Waals surface area contributed by atoms with Gasteiger partial charge in [-0.2, -0.15) is 5.10 Å². The highest BCUT2D eigenvalue weighted by molar-refractivity contribution is 7.16. The molecule has 0 saturated heterocycles. The molecule has 0 aliphatic carbocycles. The molecule has 0 fully saturated rings. The van der Waals surface area contributed by atoms with Gasteiger partial charge in [-0.1, -0.05) is 11.6 Å². The number of rotatable bonds is 5. The lowest BCUT2D eigenvalue weighted by Crippen LogP contribution is -2.23. The van der Waals surface area contributed by atoms with Crippen LogP contribution in [0.5, 0.6) is 0 Å². The molecule has 6 heteroatoms. The first kappa shape index (κ1) is 15.4. The highest BCUT2D eigenvalue weighted by Crippen LogP contribution is 2.27. The first-order valence-corrected chi connectivity index (χ1v) is 7.81. The summed E-state index contributed by atoms with van der Waals surface area (Å²) in [5.74, 6) is 1.13. The van der Waals surface area contributed by atoms with Crippen molar-refractivity contribution < 1.29 is 0 Å². The molecule has 1 atom stereocenters. The van der Waals surface area contributed by atoms with Crippen LogP contribution in [0.3, 0.4) is 0 Å². The summed E-state index contributed by atoms with van der Waals surface area (Å²) in [5, 5.41) is 4.53. The minimum absolute atomic E-state index is 0.126. The van der Waals surface area contributed by atoms with Crippen LogP contribution in [0.2, 0.25) is 4.34 Å². The van der Waals surface area contributed by atoms with Crippen molar-refractivity contribution in [3.05, 3.63) is 32.6 Å². The van der Waals surface area contributed by atoms with Gasteiger partial charge in [0.1, 0.15) is 5.82 Å². The Morgan fingerprint density at radius 1 is 1.50 bits per heavy atom. The van der Waals surface area contributed by atoms with Crippen LogP contribution in [0.25, 0.3) is 0 Å². The molecule has 4 nitrogen and oxygen atoms in total. The van der Waals surface area contributed by atoms with Crippen molar-refractivity contribution in [3.63, 3.8) is 0 Å². The lowest BCUT2D eigenvalue weighted by Gasteiger charge is -2.21. The quantitative estimate of drug-likeness (QED) is 0.923. The molecule has 0 amide bonds. The summed E-state index contributed by atoms with van der Waals surface area (Å²) >= 11 is 7.60. The maximum atomic E-state index is 5.99. The van der Waals surface area contributed by atoms with Crippen LogP contribution in [-0.2, 0) is 20.0 Å². The summed E-state index contributed by atoms with van der Waals surface area (Å²) in [6, 6.07) is 4.13. The van der Waals surface area contributed by atoms with E-state index in [0.29, 0.717) is 0 Å². The SMILES string of the molecule is Cc1nn(C)c(N(C)Cc2ccc(Cl)s2)c1CC(C)N. The number of halogens is 1. The van der Waals surface area contributed by atoms with Crippen LogP contribution in [0.15, 0.2) is 12.1 Å². The van der Waals surface area contributed by atoms with Crippen LogP contribution in [0.1, 0.15) is 23.1 Å². The molecule has 20 heavy (non-hydrogen) atoms. The number of hydrogen-bond acceptors (Lipinski definition) is 4. The van der Waals surface area contributed by atoms with E-state index < -0.39 is 0 Å². The van der Waals surface area contributed by atoms with Crippen molar-refractivity contribution in [1.82, 2.24) is 9.78 Å². The van der Waals surface area contributed by atoms with Gasteiger partial charge in [-0.25, -0.2) is 0 Å². The molecule has 0 bridgehead atoms. The lowest BCUT2D eigenvalue weighted by molar-refractivity contribution is 0.716. The predicted molar refractivity (Wildman–Crippen MR) is 86.7 cm³/mol. The Labute approximate surface area is 129 Å². The van der Waals surface area contributed by atoms with Gasteiger partial charge in [0.05, 0.1) is 16.6 Å². The summed E-state index contributed by atoms with van der Waals surface area (Å²) in [5.41, 5.74) is 8.24. The summed E-state index contributed by atoms with van der Waals surface area (Å²) < 4.78 is 2.76. The molecule has 0 aliphatic heterocycles. The zero-order chi connectivity index (χ0) is 14.9. The maximum absolute atomic E-state index is 5.99. The first-order valence-electron chi connectivity index (χ1n) is 6.62. The molecule has 110 valence electrons. The normalized spacial score (nSPS) is 12.7. The molecular weight excluding hydrogens is 292 g/mol. The molecule has 2 rings (SSSR count). The van der Waals surface area contributed by atoms with Crippen LogP contribution >= 0.6 is 22.9 Å². The fraction of sp³-hybridized carbons (Fsp3) is 0.500. The Hall–Kier alpha value is -1.04. The van der Waals surface area contributed by atoms with Crippen LogP contribution < -0.4 is 10.6 Å². The van der Waals surface area contributed by atoms with E-state index in [4.69, 9.17) is 17.3 Å². The number of aryl methyl sites for hydroxylation is 2. The van der Waals surface area contributed by atoms with Gasteiger partial charge in [-0.15, -0.1) is 11.3 Å². The third-order valence-corrected chi connectivity index (χ3v) is 4.44. The fourth-order valence-electron chi connectivity index (χ4n) is 2.47. The third kappa shape index (κ3) is 3.34. The highest BCUT2D eigenvalue weighted by Gasteiger charge is 2.18. The number of aromatic nitrogens is 2. The first-order chi connectivity index (χ1) is 9.38. The summed E-state index contributed by atoms with van der Waals surface area (Å²) in [4.78, 5) is 3.45. The summed E-state index contributed by atoms with van der Waals surface area (Å²) in [6.07, 6.45) is 0.838. The van der Waals surface area contributed by atoms with Crippen LogP contribution in [0, 0.1) is 6.92 Å². The zero-order valence-corrected chi connectivity index (χ0v) is 13.9. The Balaban J connectivity index is 2.26. The van der Waals surface area contributed by atoms with Crippen molar-refractivity contribution in [2.75, 3.05) is 11.9 Å². The molecule has 2 heterocycles. The molecule has 2 N–H and O–H groups in total. The van der Waals surface area contributed by atoms with Crippen molar-refractivity contribution >= 4 is 28.8 Å². The minimum atomic E-state index is 0.126. The van der Waals surface area contributed by atoms with E-state index >= 15 is 0 Å². The molecule has 2 aromatic rings. The summed E-state index contributed by atoms with van der Waals surface area (Å²) in [7, 11) is 4.06. The van der Waals surface area contributed by atoms with E-state index in [2.05, 4.69) is 23.1 Å². The van der Waals surface area contributed by atoms with E-state index in [9.17, 15) is 0 Å². The monoisotopic (exact) mass is 312 g/mol. The molecule has 2 aromatic heterocycles. The predicted octanol–water partition coefficient (Wildman–Crippen LogP) is 2.97. The average molecular weight is 313 g/mol. The van der Waals surface area contributed by atoms with E-state index in [-0.39, 0.29) is 6.04 Å². The molecule has 0 spiro atoms. The zero-order valence-electron chi connectivity index (χ0n) is 12.4. The Morgan fingerprint density at radius 3 is 2.75 bits per heavy atom. The van der Waals surface area contributed by atoms with Gasteiger partial charge in [0.25, 0.3) is 0 Å². The number of hydrogen-bond donors (Lipinski definition) is 1. The molecule has 0 aliphatic rings. The number of nitrogens with zero attached hydrogens (tertiary/aromatic N) is 3. The van der Waals surface area contributed by atoms with Crippen molar-refractivity contribution in [3.8, 4) is 0 Å². The van der Waals surface area contributed by atoms with E-state index in [0.717, 1.165) is 28.8 Å². The van der Waals surface area contributed by atoms with Crippen LogP contribution in [-0.4, -0.2) is 22.9 Å². The Bertz CT molecular complexity index is 588. The maximum Gasteiger partial charge on any atom is 0.130 e. The molecule has 0 radical (unpaired) electrons. The molecule has 1 unspecified atom stereocenters. The standard InChI is InChI=1S/C14H21ClN4S/c1-9(16)7-12-10(2)17-19(4)14(12)18(3)8-11-5-6-13(15)20-11/h5-6,9H,7-8,16H2,1-4H3. The van der Waals surface area contributed by atoms with E-state index in [1.54, 1.807) is 11.3 Å². The number of anilines is 1. The average Bonchev–Trinajstić information content (AvgIpc) is 2.83. The lowest BCUT2D eigenvalue weighted by atomic mass is 10.1. The molecule has 0 aromatic carbocycles. The van der Waals surface area contributed by atoms with Gasteiger partial charge in [0.2, 0.25) is 0 Å². The topological polar surface area (TPSA) is 47.1 Å². The van der Waals surface area contributed by atoms with Gasteiger partial charge in [0.15, 0.2) is 0 Å². The Morgan fingerprint density at radius 2 is 2.20 bits per heavy atom. The minimum Gasteiger partial charge on any atom is -0.355 e. The van der Waals surface area contributed by atoms with E-state index in [1.807, 2.05) is 31.6 Å². The summed E-state index contributed by atoms with van der Waals surface area (Å²) in [6.45, 7) is 4.88. The van der Waals surface area contributed by atoms with Crippen LogP contribution in [0.4, 0.5) is 5.82 Å². The van der Waals surface area contributed by atoms with Crippen molar-refractivity contribution in [2.45, 2.75) is 32.9 Å². The smallest absolute Gasteiger partial charge is 0.130 e. The van der Waals surface area contributed by atoms with Gasteiger partial charge in [0, 0.05) is 30.6 Å². The van der Waals surface area contributed by atoms with E-state index in [1.165, 1.54) is 10.4 Å².